The highest BCUT2D eigenvalue weighted by Gasteiger charge is 2.08. The number of aryl methyl sites for hydroxylation is 1. The zero-order valence-electron chi connectivity index (χ0n) is 14.3. The van der Waals surface area contributed by atoms with E-state index in [4.69, 9.17) is 9.84 Å². The first kappa shape index (κ1) is 19.0. The summed E-state index contributed by atoms with van der Waals surface area (Å²) in [5, 5.41) is 11.7. The topological polar surface area (TPSA) is 41.5 Å². The highest BCUT2D eigenvalue weighted by atomic mass is 16.5. The van der Waals surface area contributed by atoms with E-state index in [0.29, 0.717) is 0 Å². The van der Waals surface area contributed by atoms with E-state index in [1.807, 2.05) is 12.1 Å². The quantitative estimate of drug-likeness (QED) is 0.711. The van der Waals surface area contributed by atoms with Gasteiger partial charge in [0, 0.05) is 6.54 Å². The Morgan fingerprint density at radius 2 is 1.77 bits per heavy atom. The molecule has 1 aromatic rings. The molecule has 3 nitrogen and oxygen atoms in total. The summed E-state index contributed by atoms with van der Waals surface area (Å²) in [7, 11) is 0. The van der Waals surface area contributed by atoms with Crippen molar-refractivity contribution in [1.29, 1.82) is 0 Å². The van der Waals surface area contributed by atoms with Crippen molar-refractivity contribution in [3.05, 3.63) is 29.8 Å². The Morgan fingerprint density at radius 1 is 1.09 bits per heavy atom. The molecule has 1 aliphatic rings. The molecule has 0 aromatic heterocycles. The Morgan fingerprint density at radius 3 is 2.32 bits per heavy atom. The van der Waals surface area contributed by atoms with Gasteiger partial charge in [-0.05, 0) is 38.4 Å². The summed E-state index contributed by atoms with van der Waals surface area (Å²) >= 11 is 0. The molecule has 1 heterocycles. The van der Waals surface area contributed by atoms with Gasteiger partial charge in [0.25, 0.3) is 0 Å². The van der Waals surface area contributed by atoms with Gasteiger partial charge in [-0.2, -0.15) is 0 Å². The molecule has 2 N–H and O–H groups in total. The number of aliphatic hydroxyl groups excluding tert-OH is 1. The maximum absolute atomic E-state index is 8.67. The molecular formula is C19H33NO2. The summed E-state index contributed by atoms with van der Waals surface area (Å²) in [4.78, 5) is 0. The lowest BCUT2D eigenvalue weighted by Crippen LogP contribution is -2.11. The summed E-state index contributed by atoms with van der Waals surface area (Å²) < 4.78 is 5.67. The van der Waals surface area contributed by atoms with Gasteiger partial charge in [0.15, 0.2) is 0 Å². The van der Waals surface area contributed by atoms with Gasteiger partial charge in [-0.1, -0.05) is 56.7 Å². The first-order valence-electron chi connectivity index (χ1n) is 8.80. The number of rotatable bonds is 8. The Bertz CT molecular complexity index is 358. The maximum atomic E-state index is 8.67. The molecule has 22 heavy (non-hydrogen) atoms. The van der Waals surface area contributed by atoms with Gasteiger partial charge < -0.3 is 15.2 Å². The van der Waals surface area contributed by atoms with E-state index in [0.717, 1.165) is 31.9 Å². The van der Waals surface area contributed by atoms with Gasteiger partial charge in [0.1, 0.15) is 5.75 Å². The van der Waals surface area contributed by atoms with Crippen LogP contribution in [0.3, 0.4) is 0 Å². The average Bonchev–Trinajstić information content (AvgIpc) is 3.00. The molecule has 0 radical (unpaired) electrons. The number of benzene rings is 1. The van der Waals surface area contributed by atoms with Crippen molar-refractivity contribution in [2.75, 3.05) is 19.7 Å². The summed E-state index contributed by atoms with van der Waals surface area (Å²) in [6, 6.07) is 8.28. The Balaban J connectivity index is 0.000000335. The van der Waals surface area contributed by atoms with Crippen molar-refractivity contribution >= 4 is 0 Å². The van der Waals surface area contributed by atoms with E-state index in [9.17, 15) is 0 Å². The van der Waals surface area contributed by atoms with E-state index >= 15 is 0 Å². The summed E-state index contributed by atoms with van der Waals surface area (Å²) in [5.74, 6) is 0.999. The molecule has 1 aromatic carbocycles. The molecule has 0 bridgehead atoms. The van der Waals surface area contributed by atoms with Gasteiger partial charge in [0.2, 0.25) is 0 Å². The Hall–Kier alpha value is -1.06. The molecule has 1 atom stereocenters. The van der Waals surface area contributed by atoms with Crippen LogP contribution in [-0.4, -0.2) is 30.9 Å². The normalized spacial score (nSPS) is 17.0. The van der Waals surface area contributed by atoms with Crippen LogP contribution in [0.5, 0.6) is 5.75 Å². The smallest absolute Gasteiger partial charge is 0.119 e. The van der Waals surface area contributed by atoms with Crippen LogP contribution in [-0.2, 0) is 0 Å². The molecule has 1 aliphatic heterocycles. The van der Waals surface area contributed by atoms with Crippen LogP contribution in [0.1, 0.15) is 57.4 Å². The molecule has 1 saturated heterocycles. The molecule has 126 valence electrons. The fourth-order valence-corrected chi connectivity index (χ4v) is 2.35. The number of nitrogens with one attached hydrogen (secondary N) is 1. The lowest BCUT2D eigenvalue weighted by molar-refractivity contribution is 0.196. The average molecular weight is 307 g/mol. The van der Waals surface area contributed by atoms with E-state index in [1.165, 1.54) is 44.1 Å². The number of hydrogen-bond acceptors (Lipinski definition) is 3. The first-order valence-corrected chi connectivity index (χ1v) is 8.80. The van der Waals surface area contributed by atoms with Crippen LogP contribution in [0.15, 0.2) is 24.3 Å². The predicted molar refractivity (Wildman–Crippen MR) is 93.5 cm³/mol. The maximum Gasteiger partial charge on any atom is 0.119 e. The lowest BCUT2D eigenvalue weighted by atomic mass is 10.1. The minimum Gasteiger partial charge on any atom is -0.494 e. The van der Waals surface area contributed by atoms with Crippen LogP contribution in [0.25, 0.3) is 0 Å². The molecular weight excluding hydrogens is 274 g/mol. The van der Waals surface area contributed by atoms with Crippen LogP contribution < -0.4 is 10.1 Å². The van der Waals surface area contributed by atoms with E-state index in [-0.39, 0.29) is 6.10 Å². The Labute approximate surface area is 136 Å². The third-order valence-corrected chi connectivity index (χ3v) is 3.82. The molecule has 2 rings (SSSR count). The fourth-order valence-electron chi connectivity index (χ4n) is 2.35. The van der Waals surface area contributed by atoms with Crippen molar-refractivity contribution in [3.8, 4) is 5.75 Å². The zero-order chi connectivity index (χ0) is 16.0. The minimum absolute atomic E-state index is 0.0648. The van der Waals surface area contributed by atoms with Gasteiger partial charge >= 0.3 is 0 Å². The van der Waals surface area contributed by atoms with Crippen molar-refractivity contribution in [2.45, 2.75) is 64.9 Å². The number of ether oxygens (including phenoxy) is 1. The third kappa shape index (κ3) is 9.80. The first-order chi connectivity index (χ1) is 10.7. The zero-order valence-corrected chi connectivity index (χ0v) is 14.3. The number of hydrogen-bond donors (Lipinski definition) is 2. The second kappa shape index (κ2) is 12.5. The van der Waals surface area contributed by atoms with Gasteiger partial charge in [-0.15, -0.1) is 0 Å². The number of β-amino-alcohol motifs (C(OH)–C–C–N with tert-alkyl or cyclic N) is 1. The summed E-state index contributed by atoms with van der Waals surface area (Å²) in [6.07, 6.45) is 8.76. The molecule has 3 heteroatoms. The van der Waals surface area contributed by atoms with Gasteiger partial charge in [-0.3, -0.25) is 0 Å². The summed E-state index contributed by atoms with van der Waals surface area (Å²) in [5.41, 5.74) is 1.28. The number of unbranched alkanes of at least 4 members (excludes halogenated alkanes) is 5. The van der Waals surface area contributed by atoms with Crippen LogP contribution in [0, 0.1) is 6.92 Å². The molecule has 0 unspecified atom stereocenters. The summed E-state index contributed by atoms with van der Waals surface area (Å²) in [6.45, 7) is 6.98. The standard InChI is InChI=1S/C15H24O.C4H9NO/c1-3-4-5-6-7-8-13-16-15-11-9-14(2)10-12-15;6-4-1-2-5-3-4/h9-12H,3-8,13H2,1-2H3;4-6H,1-3H2/t;4-/m.1/s1. The second-order valence-electron chi connectivity index (χ2n) is 6.08. The van der Waals surface area contributed by atoms with Crippen LogP contribution in [0.2, 0.25) is 0 Å². The van der Waals surface area contributed by atoms with E-state index < -0.39 is 0 Å². The molecule has 0 saturated carbocycles. The van der Waals surface area contributed by atoms with Gasteiger partial charge in [-0.25, -0.2) is 0 Å². The third-order valence-electron chi connectivity index (χ3n) is 3.82. The minimum atomic E-state index is -0.0648. The fraction of sp³-hybridized carbons (Fsp3) is 0.684. The van der Waals surface area contributed by atoms with E-state index in [1.54, 1.807) is 0 Å². The van der Waals surface area contributed by atoms with Crippen molar-refractivity contribution in [1.82, 2.24) is 5.32 Å². The van der Waals surface area contributed by atoms with Gasteiger partial charge in [0.05, 0.1) is 12.7 Å². The van der Waals surface area contributed by atoms with Crippen LogP contribution in [0.4, 0.5) is 0 Å². The van der Waals surface area contributed by atoms with Crippen molar-refractivity contribution in [3.63, 3.8) is 0 Å². The molecule has 0 amide bonds. The number of aliphatic hydroxyl groups is 1. The molecule has 1 fully saturated rings. The molecule has 0 spiro atoms. The van der Waals surface area contributed by atoms with Crippen molar-refractivity contribution in [2.24, 2.45) is 0 Å². The highest BCUT2D eigenvalue weighted by Crippen LogP contribution is 2.12. The monoisotopic (exact) mass is 307 g/mol. The van der Waals surface area contributed by atoms with Crippen molar-refractivity contribution < 1.29 is 9.84 Å². The Kier molecular flexibility index (Phi) is 10.8. The second-order valence-corrected chi connectivity index (χ2v) is 6.08. The predicted octanol–water partition coefficient (Wildman–Crippen LogP) is 4.07. The van der Waals surface area contributed by atoms with E-state index in [2.05, 4.69) is 31.3 Å². The lowest BCUT2D eigenvalue weighted by Gasteiger charge is -2.06. The SMILES string of the molecule is CCCCCCCCOc1ccc(C)cc1.O[C@@H]1CCNC1. The van der Waals surface area contributed by atoms with Crippen LogP contribution >= 0.6 is 0 Å². The largest absolute Gasteiger partial charge is 0.494 e. The molecule has 0 aliphatic carbocycles. The highest BCUT2D eigenvalue weighted by molar-refractivity contribution is 5.26.